The van der Waals surface area contributed by atoms with Crippen molar-refractivity contribution in [2.24, 2.45) is 5.41 Å². The van der Waals surface area contributed by atoms with Gasteiger partial charge in [0.2, 0.25) is 0 Å². The first-order valence-corrected chi connectivity index (χ1v) is 15.1. The normalized spacial score (nSPS) is 13.0. The van der Waals surface area contributed by atoms with Crippen molar-refractivity contribution in [2.45, 2.75) is 100 Å². The smallest absolute Gasteiger partial charge is 0.316 e. The zero-order valence-electron chi connectivity index (χ0n) is 24.3. The molecule has 0 radical (unpaired) electrons. The number of aliphatic carboxylic acids is 4. The van der Waals surface area contributed by atoms with Gasteiger partial charge in [-0.15, -0.1) is 0 Å². The van der Waals surface area contributed by atoms with E-state index in [0.717, 1.165) is 25.7 Å². The molecule has 16 heteroatoms. The van der Waals surface area contributed by atoms with E-state index in [9.17, 15) is 19.2 Å². The fourth-order valence-corrected chi connectivity index (χ4v) is 2.92. The first-order chi connectivity index (χ1) is 19.0. The fraction of sp³-hybridized carbons (Fsp3) is 0.840. The van der Waals surface area contributed by atoms with Crippen LogP contribution in [0.25, 0.3) is 0 Å². The molecule has 0 aliphatic carbocycles. The second-order valence-corrected chi connectivity index (χ2v) is 11.2. The van der Waals surface area contributed by atoms with Crippen molar-refractivity contribution in [1.29, 1.82) is 0 Å². The highest BCUT2D eigenvalue weighted by Crippen LogP contribution is 2.12. The van der Waals surface area contributed by atoms with Crippen LogP contribution in [0.4, 0.5) is 0 Å². The third-order valence-electron chi connectivity index (χ3n) is 4.73. The summed E-state index contributed by atoms with van der Waals surface area (Å²) in [7, 11) is 0. The molecule has 41 heavy (non-hydrogen) atoms. The van der Waals surface area contributed by atoms with Crippen LogP contribution in [0.5, 0.6) is 0 Å². The summed E-state index contributed by atoms with van der Waals surface area (Å²) in [5.41, 5.74) is -1.11. The van der Waals surface area contributed by atoms with Crippen molar-refractivity contribution in [3.8, 4) is 0 Å². The molecule has 12 nitrogen and oxygen atoms in total. The number of aliphatic hydroxyl groups is 4. The number of carboxylic acids is 4. The fourth-order valence-electron chi connectivity index (χ4n) is 1.89. The zero-order valence-corrected chi connectivity index (χ0v) is 27.9. The molecular weight excluding hydrogens is 621 g/mol. The van der Waals surface area contributed by atoms with Gasteiger partial charge < -0.3 is 40.9 Å². The Morgan fingerprint density at radius 3 is 0.634 bits per heavy atom. The average molecular weight is 673 g/mol. The minimum absolute atomic E-state index is 0.406. The summed E-state index contributed by atoms with van der Waals surface area (Å²) in [6, 6.07) is 0. The number of carbonyl (C=O) groups is 4. The summed E-state index contributed by atoms with van der Waals surface area (Å²) in [6.07, 6.45) is 6.11. The van der Waals surface area contributed by atoms with Crippen LogP contribution in [0.1, 0.15) is 79.1 Å². The highest BCUT2D eigenvalue weighted by atomic mass is 32.1. The molecule has 0 saturated carbocycles. The maximum Gasteiger partial charge on any atom is 0.316 e. The van der Waals surface area contributed by atoms with E-state index >= 15 is 0 Å². The Labute approximate surface area is 265 Å². The standard InChI is InChI=1S/C5H12O4.4C5H10O2S/c6-1-5(2-7,3-8)4-9;4*1-2-3-4(8)5(6)7/h6-9H,1-4H2;4*4,8H,2-3H2,1H3,(H,6,7). The van der Waals surface area contributed by atoms with Crippen molar-refractivity contribution < 1.29 is 60.0 Å². The number of thiol groups is 4. The lowest BCUT2D eigenvalue weighted by Gasteiger charge is -2.23. The van der Waals surface area contributed by atoms with Gasteiger partial charge in [-0.05, 0) is 25.7 Å². The van der Waals surface area contributed by atoms with Crippen LogP contribution in [-0.4, -0.2) is 112 Å². The molecule has 0 heterocycles. The van der Waals surface area contributed by atoms with Gasteiger partial charge in [-0.1, -0.05) is 53.4 Å². The Hall–Kier alpha value is -0.880. The maximum absolute atomic E-state index is 10.0. The summed E-state index contributed by atoms with van der Waals surface area (Å²) < 4.78 is 0. The Morgan fingerprint density at radius 2 is 0.610 bits per heavy atom. The van der Waals surface area contributed by atoms with Crippen LogP contribution < -0.4 is 0 Å². The van der Waals surface area contributed by atoms with Crippen LogP contribution >= 0.6 is 50.5 Å². The molecule has 4 atom stereocenters. The monoisotopic (exact) mass is 672 g/mol. The van der Waals surface area contributed by atoms with Gasteiger partial charge in [0.05, 0.1) is 52.8 Å². The number of rotatable bonds is 16. The van der Waals surface area contributed by atoms with Crippen molar-refractivity contribution in [2.75, 3.05) is 26.4 Å². The SMILES string of the molecule is CCCC(S)C(=O)O.CCCC(S)C(=O)O.CCCC(S)C(=O)O.CCCC(S)C(=O)O.OCC(CO)(CO)CO. The Bertz CT molecular complexity index is 547. The minimum atomic E-state index is -1.11. The molecule has 0 fully saturated rings. The van der Waals surface area contributed by atoms with Crippen LogP contribution in [-0.2, 0) is 19.2 Å². The lowest BCUT2D eigenvalue weighted by Crippen LogP contribution is -2.37. The molecule has 0 aromatic heterocycles. The van der Waals surface area contributed by atoms with E-state index in [0.29, 0.717) is 25.7 Å². The molecule has 248 valence electrons. The van der Waals surface area contributed by atoms with Crippen molar-refractivity contribution in [3.05, 3.63) is 0 Å². The van der Waals surface area contributed by atoms with Crippen LogP contribution in [0.15, 0.2) is 0 Å². The molecule has 0 spiro atoms. The number of hydrogen-bond donors (Lipinski definition) is 12. The van der Waals surface area contributed by atoms with E-state index in [1.807, 2.05) is 27.7 Å². The quantitative estimate of drug-likeness (QED) is 0.106. The van der Waals surface area contributed by atoms with Gasteiger partial charge in [-0.25, -0.2) is 0 Å². The topological polar surface area (TPSA) is 230 Å². The van der Waals surface area contributed by atoms with Crippen molar-refractivity contribution in [1.82, 2.24) is 0 Å². The number of carboxylic acid groups (broad SMARTS) is 4. The van der Waals surface area contributed by atoms with Crippen LogP contribution in [0.2, 0.25) is 0 Å². The van der Waals surface area contributed by atoms with Gasteiger partial charge in [0, 0.05) is 0 Å². The highest BCUT2D eigenvalue weighted by molar-refractivity contribution is 7.82. The van der Waals surface area contributed by atoms with E-state index in [4.69, 9.17) is 40.9 Å². The molecule has 0 rings (SSSR count). The summed E-state index contributed by atoms with van der Waals surface area (Å²) in [5.74, 6) is -3.30. The lowest BCUT2D eigenvalue weighted by atomic mass is 9.93. The Morgan fingerprint density at radius 1 is 0.463 bits per heavy atom. The summed E-state index contributed by atoms with van der Waals surface area (Å²) in [6.45, 7) is 6.12. The number of aliphatic hydroxyl groups excluding tert-OH is 4. The first kappa shape index (κ1) is 49.8. The van der Waals surface area contributed by atoms with Gasteiger partial charge in [-0.2, -0.15) is 50.5 Å². The molecule has 0 aliphatic heterocycles. The number of hydrogen-bond acceptors (Lipinski definition) is 12. The molecule has 0 amide bonds. The van der Waals surface area contributed by atoms with Crippen molar-refractivity contribution >= 4 is 74.4 Å². The van der Waals surface area contributed by atoms with Gasteiger partial charge in [0.1, 0.15) is 0 Å². The molecule has 0 aromatic carbocycles. The highest BCUT2D eigenvalue weighted by Gasteiger charge is 2.26. The second kappa shape index (κ2) is 33.6. The third-order valence-corrected chi connectivity index (χ3v) is 6.65. The average Bonchev–Trinajstić information content (AvgIpc) is 2.92. The van der Waals surface area contributed by atoms with Gasteiger partial charge in [0.25, 0.3) is 0 Å². The van der Waals surface area contributed by atoms with Gasteiger partial charge >= 0.3 is 23.9 Å². The zero-order chi connectivity index (χ0) is 33.6. The van der Waals surface area contributed by atoms with E-state index < -0.39 is 76.7 Å². The van der Waals surface area contributed by atoms with E-state index in [-0.39, 0.29) is 0 Å². The lowest BCUT2D eigenvalue weighted by molar-refractivity contribution is -0.137. The summed E-state index contributed by atoms with van der Waals surface area (Å²) in [4.78, 5) is 40.1. The predicted octanol–water partition coefficient (Wildman–Crippen LogP) is 2.62. The molecule has 0 aromatic rings. The molecule has 4 unspecified atom stereocenters. The summed E-state index contributed by atoms with van der Waals surface area (Å²) >= 11 is 15.2. The minimum Gasteiger partial charge on any atom is -0.480 e. The second-order valence-electron chi connectivity index (χ2n) is 8.70. The first-order valence-electron chi connectivity index (χ1n) is 13.0. The van der Waals surface area contributed by atoms with Crippen LogP contribution in [0, 0.1) is 5.41 Å². The third kappa shape index (κ3) is 35.2. The summed E-state index contributed by atoms with van der Waals surface area (Å²) in [5, 5.41) is 65.0. The van der Waals surface area contributed by atoms with E-state index in [1.165, 1.54) is 0 Å². The Balaban J connectivity index is -0.000000132. The molecule has 0 saturated heterocycles. The Kier molecular flexibility index (Phi) is 40.8. The van der Waals surface area contributed by atoms with E-state index in [1.54, 1.807) is 0 Å². The van der Waals surface area contributed by atoms with Gasteiger partial charge in [0.15, 0.2) is 0 Å². The van der Waals surface area contributed by atoms with E-state index in [2.05, 4.69) is 50.5 Å². The van der Waals surface area contributed by atoms with Crippen LogP contribution in [0.3, 0.4) is 0 Å². The molecule has 8 N–H and O–H groups in total. The van der Waals surface area contributed by atoms with Gasteiger partial charge in [-0.3, -0.25) is 19.2 Å². The molecular formula is C25H52O12S4. The van der Waals surface area contributed by atoms with Crippen molar-refractivity contribution in [3.63, 3.8) is 0 Å². The largest absolute Gasteiger partial charge is 0.480 e. The predicted molar refractivity (Wildman–Crippen MR) is 172 cm³/mol. The molecule has 0 bridgehead atoms. The maximum atomic E-state index is 10.0. The molecule has 0 aliphatic rings.